The van der Waals surface area contributed by atoms with Crippen molar-refractivity contribution in [1.82, 2.24) is 15.5 Å². The van der Waals surface area contributed by atoms with E-state index in [2.05, 4.69) is 10.6 Å². The smallest absolute Gasteiger partial charge is 0.344 e. The number of nitrogens with two attached hydrogens (primary N) is 1. The zero-order valence-corrected chi connectivity index (χ0v) is 13.0. The number of nitrogens with zero attached hydrogens (tertiary/aromatic N) is 1. The van der Waals surface area contributed by atoms with Gasteiger partial charge in [-0.3, -0.25) is 20.3 Å². The third kappa shape index (κ3) is 4.55. The monoisotopic (exact) mass is 329 g/mol. The van der Waals surface area contributed by atoms with E-state index in [4.69, 9.17) is 11.1 Å². The molecule has 0 aromatic heterocycles. The van der Waals surface area contributed by atoms with Gasteiger partial charge in [0.25, 0.3) is 0 Å². The van der Waals surface area contributed by atoms with Crippen molar-refractivity contribution in [3.63, 3.8) is 0 Å². The highest BCUT2D eigenvalue weighted by molar-refractivity contribution is 5.87. The number of hydrogen-bond acceptors (Lipinski definition) is 5. The van der Waals surface area contributed by atoms with Gasteiger partial charge < -0.3 is 26.2 Å². The van der Waals surface area contributed by atoms with Crippen molar-refractivity contribution >= 4 is 23.8 Å². The number of carboxylic acid groups (broad SMARTS) is 2. The maximum absolute atomic E-state index is 11.7. The van der Waals surface area contributed by atoms with Gasteiger partial charge >= 0.3 is 11.9 Å². The van der Waals surface area contributed by atoms with Crippen LogP contribution >= 0.6 is 0 Å². The lowest BCUT2D eigenvalue weighted by atomic mass is 10.0. The third-order valence-electron chi connectivity index (χ3n) is 3.81. The molecule has 1 aliphatic heterocycles. The molecule has 7 N–H and O–H groups in total. The molecule has 23 heavy (non-hydrogen) atoms. The normalized spacial score (nSPS) is 21.7. The molecule has 0 radical (unpaired) electrons. The summed E-state index contributed by atoms with van der Waals surface area (Å²) in [6, 6.07) is -1.13. The Kier molecular flexibility index (Phi) is 6.31. The molecule has 10 heteroatoms. The number of likely N-dealkylation sites (tertiary alicyclic amines) is 1. The molecular formula is C13H23N5O5. The van der Waals surface area contributed by atoms with Gasteiger partial charge in [-0.25, -0.2) is 4.79 Å². The first-order valence-electron chi connectivity index (χ1n) is 7.30. The first-order chi connectivity index (χ1) is 10.7. The van der Waals surface area contributed by atoms with Crippen molar-refractivity contribution in [3.05, 3.63) is 0 Å². The number of carbonyl (C=O) groups is 3. The second-order valence-electron chi connectivity index (χ2n) is 5.46. The van der Waals surface area contributed by atoms with Gasteiger partial charge in [0.2, 0.25) is 5.91 Å². The van der Waals surface area contributed by atoms with Gasteiger partial charge in [0.15, 0.2) is 11.6 Å². The highest BCUT2D eigenvalue weighted by Gasteiger charge is 2.50. The van der Waals surface area contributed by atoms with Crippen LogP contribution in [0.4, 0.5) is 0 Å². The van der Waals surface area contributed by atoms with Crippen LogP contribution in [0.15, 0.2) is 0 Å². The van der Waals surface area contributed by atoms with Crippen LogP contribution in [0, 0.1) is 5.41 Å². The van der Waals surface area contributed by atoms with E-state index in [-0.39, 0.29) is 25.3 Å². The maximum atomic E-state index is 11.7. The van der Waals surface area contributed by atoms with Crippen LogP contribution in [-0.4, -0.2) is 63.7 Å². The molecule has 1 amide bonds. The van der Waals surface area contributed by atoms with Crippen LogP contribution < -0.4 is 16.4 Å². The Morgan fingerprint density at radius 2 is 2.04 bits per heavy atom. The summed E-state index contributed by atoms with van der Waals surface area (Å²) >= 11 is 0. The van der Waals surface area contributed by atoms with E-state index < -0.39 is 29.6 Å². The van der Waals surface area contributed by atoms with E-state index in [0.29, 0.717) is 19.4 Å². The van der Waals surface area contributed by atoms with Crippen LogP contribution in [0.1, 0.15) is 32.6 Å². The lowest BCUT2D eigenvalue weighted by Crippen LogP contribution is -2.65. The molecule has 0 aliphatic carbocycles. The van der Waals surface area contributed by atoms with Gasteiger partial charge in [0, 0.05) is 20.0 Å². The Labute approximate surface area is 133 Å². The molecule has 1 fully saturated rings. The minimum absolute atomic E-state index is 0.135. The molecule has 2 atom stereocenters. The summed E-state index contributed by atoms with van der Waals surface area (Å²) in [5.74, 6) is -3.09. The van der Waals surface area contributed by atoms with E-state index in [9.17, 15) is 24.6 Å². The topological polar surface area (TPSA) is 169 Å². The Morgan fingerprint density at radius 1 is 1.39 bits per heavy atom. The second-order valence-corrected chi connectivity index (χ2v) is 5.46. The van der Waals surface area contributed by atoms with E-state index in [0.717, 1.165) is 0 Å². The van der Waals surface area contributed by atoms with Crippen molar-refractivity contribution in [2.24, 2.45) is 5.73 Å². The SMILES string of the molecule is CC(=O)N1CCC[C@@]1(N[C@@H](CCCNC(=N)N)C(=O)O)C(=O)O. The average Bonchev–Trinajstić information content (AvgIpc) is 2.86. The van der Waals surface area contributed by atoms with E-state index >= 15 is 0 Å². The first kappa shape index (κ1) is 18.7. The number of amides is 1. The van der Waals surface area contributed by atoms with Crippen LogP contribution in [0.2, 0.25) is 0 Å². The maximum Gasteiger partial charge on any atom is 0.344 e. The fourth-order valence-electron chi connectivity index (χ4n) is 2.75. The average molecular weight is 329 g/mol. The van der Waals surface area contributed by atoms with Crippen molar-refractivity contribution in [2.45, 2.75) is 44.3 Å². The number of hydrogen-bond donors (Lipinski definition) is 6. The van der Waals surface area contributed by atoms with Gasteiger partial charge in [-0.15, -0.1) is 0 Å². The minimum Gasteiger partial charge on any atom is -0.480 e. The molecule has 0 bridgehead atoms. The molecule has 1 saturated heterocycles. The Morgan fingerprint density at radius 3 is 2.52 bits per heavy atom. The van der Waals surface area contributed by atoms with Crippen LogP contribution in [0.3, 0.4) is 0 Å². The van der Waals surface area contributed by atoms with E-state index in [1.807, 2.05) is 0 Å². The summed E-state index contributed by atoms with van der Waals surface area (Å²) in [4.78, 5) is 36.0. The first-order valence-corrected chi connectivity index (χ1v) is 7.30. The van der Waals surface area contributed by atoms with Crippen LogP contribution in [-0.2, 0) is 14.4 Å². The number of carbonyl (C=O) groups excluding carboxylic acids is 1. The Balaban J connectivity index is 2.82. The second kappa shape index (κ2) is 7.77. The molecule has 0 aromatic carbocycles. The molecule has 1 rings (SSSR count). The number of rotatable bonds is 8. The molecule has 0 spiro atoms. The van der Waals surface area contributed by atoms with Crippen molar-refractivity contribution < 1.29 is 24.6 Å². The largest absolute Gasteiger partial charge is 0.480 e. The predicted octanol–water partition coefficient (Wildman–Crippen LogP) is -1.28. The molecule has 0 saturated carbocycles. The van der Waals surface area contributed by atoms with Crippen molar-refractivity contribution in [2.75, 3.05) is 13.1 Å². The van der Waals surface area contributed by atoms with Gasteiger partial charge in [-0.1, -0.05) is 0 Å². The Bertz CT molecular complexity index is 497. The van der Waals surface area contributed by atoms with Gasteiger partial charge in [-0.2, -0.15) is 0 Å². The van der Waals surface area contributed by atoms with Gasteiger partial charge in [0.1, 0.15) is 6.04 Å². The number of guanidine groups is 1. The lowest BCUT2D eigenvalue weighted by Gasteiger charge is -2.37. The summed E-state index contributed by atoms with van der Waals surface area (Å²) in [5.41, 5.74) is 3.44. The van der Waals surface area contributed by atoms with Gasteiger partial charge in [0.05, 0.1) is 0 Å². The fraction of sp³-hybridized carbons (Fsp3) is 0.692. The van der Waals surface area contributed by atoms with Crippen molar-refractivity contribution in [1.29, 1.82) is 5.41 Å². The van der Waals surface area contributed by atoms with E-state index in [1.165, 1.54) is 11.8 Å². The summed E-state index contributed by atoms with van der Waals surface area (Å²) in [7, 11) is 0. The highest BCUT2D eigenvalue weighted by atomic mass is 16.4. The van der Waals surface area contributed by atoms with Crippen LogP contribution in [0.25, 0.3) is 0 Å². The standard InChI is InChI=1S/C13H23N5O5/c1-8(19)18-7-3-5-13(18,11(22)23)17-9(10(20)21)4-2-6-16-12(14)15/h9,17H,2-7H2,1H3,(H,20,21)(H,22,23)(H4,14,15,16)/t9-,13-/m0/s1. The molecule has 10 nitrogen and oxygen atoms in total. The van der Waals surface area contributed by atoms with Gasteiger partial charge in [-0.05, 0) is 25.7 Å². The quantitative estimate of drug-likeness (QED) is 0.182. The zero-order chi connectivity index (χ0) is 17.6. The van der Waals surface area contributed by atoms with E-state index in [1.54, 1.807) is 0 Å². The fourth-order valence-corrected chi connectivity index (χ4v) is 2.75. The lowest BCUT2D eigenvalue weighted by molar-refractivity contribution is -0.160. The molecule has 1 heterocycles. The third-order valence-corrected chi connectivity index (χ3v) is 3.81. The minimum atomic E-state index is -1.69. The zero-order valence-electron chi connectivity index (χ0n) is 13.0. The van der Waals surface area contributed by atoms with Crippen molar-refractivity contribution in [3.8, 4) is 0 Å². The Hall–Kier alpha value is -2.36. The van der Waals surface area contributed by atoms with Crippen LogP contribution in [0.5, 0.6) is 0 Å². The summed E-state index contributed by atoms with van der Waals surface area (Å²) < 4.78 is 0. The summed E-state index contributed by atoms with van der Waals surface area (Å²) in [5, 5.41) is 31.1. The predicted molar refractivity (Wildman–Crippen MR) is 80.7 cm³/mol. The molecule has 0 unspecified atom stereocenters. The number of carboxylic acids is 2. The molecular weight excluding hydrogens is 306 g/mol. The highest BCUT2D eigenvalue weighted by Crippen LogP contribution is 2.28. The summed E-state index contributed by atoms with van der Waals surface area (Å²) in [6.45, 7) is 1.83. The molecule has 1 aliphatic rings. The number of aliphatic carboxylic acids is 2. The molecule has 130 valence electrons. The summed E-state index contributed by atoms with van der Waals surface area (Å²) in [6.07, 6.45) is 1.14. The number of nitrogens with one attached hydrogen (secondary N) is 3. The molecule has 0 aromatic rings.